The fourth-order valence-corrected chi connectivity index (χ4v) is 3.66. The van der Waals surface area contributed by atoms with Gasteiger partial charge in [-0.25, -0.2) is 4.68 Å². The maximum atomic E-state index is 13.1. The van der Waals surface area contributed by atoms with Crippen molar-refractivity contribution in [2.75, 3.05) is 10.6 Å². The quantitative estimate of drug-likeness (QED) is 0.418. The number of halogens is 1. The molecule has 0 bridgehead atoms. The van der Waals surface area contributed by atoms with Crippen molar-refractivity contribution >= 4 is 34.8 Å². The number of anilines is 2. The predicted octanol–water partition coefficient (Wildman–Crippen LogP) is 5.40. The Balaban J connectivity index is 1.54. The molecule has 0 saturated heterocycles. The third-order valence-electron chi connectivity index (χ3n) is 4.93. The van der Waals surface area contributed by atoms with Gasteiger partial charge in [-0.1, -0.05) is 72.3 Å². The van der Waals surface area contributed by atoms with Crippen LogP contribution in [0.5, 0.6) is 0 Å². The van der Waals surface area contributed by atoms with E-state index in [1.807, 2.05) is 36.4 Å². The molecular formula is C25H21ClN4O2. The molecular weight excluding hydrogens is 424 g/mol. The highest BCUT2D eigenvalue weighted by Gasteiger charge is 2.21. The number of benzene rings is 3. The fourth-order valence-electron chi connectivity index (χ4n) is 3.34. The Morgan fingerprint density at radius 1 is 0.812 bits per heavy atom. The summed E-state index contributed by atoms with van der Waals surface area (Å²) < 4.78 is 1.60. The van der Waals surface area contributed by atoms with Crippen molar-refractivity contribution in [3.05, 3.63) is 112 Å². The molecule has 2 amide bonds. The van der Waals surface area contributed by atoms with Crippen LogP contribution >= 0.6 is 11.6 Å². The second kappa shape index (κ2) is 9.49. The highest BCUT2D eigenvalue weighted by Crippen LogP contribution is 2.26. The lowest BCUT2D eigenvalue weighted by atomic mass is 10.2. The summed E-state index contributed by atoms with van der Waals surface area (Å²) in [5, 5.41) is 10.4. The summed E-state index contributed by atoms with van der Waals surface area (Å²) in [4.78, 5) is 25.6. The molecule has 0 atom stereocenters. The molecule has 0 fully saturated rings. The molecule has 0 spiro atoms. The normalized spacial score (nSPS) is 10.6. The van der Waals surface area contributed by atoms with Crippen LogP contribution in [0.3, 0.4) is 0 Å². The number of carbonyl (C=O) groups excluding carboxylic acids is 2. The first-order valence-electron chi connectivity index (χ1n) is 10.1. The first-order valence-corrected chi connectivity index (χ1v) is 10.4. The number of para-hydroxylation sites is 2. The van der Waals surface area contributed by atoms with Gasteiger partial charge in [0, 0.05) is 5.56 Å². The summed E-state index contributed by atoms with van der Waals surface area (Å²) >= 11 is 6.51. The Labute approximate surface area is 190 Å². The number of aryl methyl sites for hydroxylation is 1. The Morgan fingerprint density at radius 3 is 1.97 bits per heavy atom. The lowest BCUT2D eigenvalue weighted by Gasteiger charge is -2.12. The molecule has 0 aliphatic heterocycles. The van der Waals surface area contributed by atoms with Gasteiger partial charge in [0.2, 0.25) is 0 Å². The highest BCUT2D eigenvalue weighted by atomic mass is 35.5. The standard InChI is InChI=1S/C25H21ClN4O2/c1-17-22(23(26)30(29-17)16-18-10-4-2-5-11-18)25(32)28-21-15-9-8-14-20(21)27-24(31)19-12-6-3-7-13-19/h2-15H,16H2,1H3,(H,27,31)(H,28,32). The summed E-state index contributed by atoms with van der Waals surface area (Å²) in [5.74, 6) is -0.662. The molecule has 32 heavy (non-hydrogen) atoms. The van der Waals surface area contributed by atoms with Crippen molar-refractivity contribution in [2.45, 2.75) is 13.5 Å². The van der Waals surface area contributed by atoms with Gasteiger partial charge in [0.15, 0.2) is 0 Å². The first-order chi connectivity index (χ1) is 15.5. The maximum Gasteiger partial charge on any atom is 0.260 e. The van der Waals surface area contributed by atoms with Crippen LogP contribution in [-0.2, 0) is 6.54 Å². The molecule has 1 aromatic heterocycles. The van der Waals surface area contributed by atoms with Gasteiger partial charge in [-0.15, -0.1) is 0 Å². The summed E-state index contributed by atoms with van der Waals surface area (Å²) in [6.45, 7) is 2.20. The van der Waals surface area contributed by atoms with Crippen molar-refractivity contribution in [2.24, 2.45) is 0 Å². The van der Waals surface area contributed by atoms with E-state index < -0.39 is 5.91 Å². The number of nitrogens with zero attached hydrogens (tertiary/aromatic N) is 2. The molecule has 1 heterocycles. The van der Waals surface area contributed by atoms with Gasteiger partial charge in [-0.2, -0.15) is 5.10 Å². The van der Waals surface area contributed by atoms with E-state index in [4.69, 9.17) is 11.6 Å². The number of carbonyl (C=O) groups is 2. The van der Waals surface area contributed by atoms with E-state index in [1.54, 1.807) is 60.1 Å². The molecule has 7 heteroatoms. The van der Waals surface area contributed by atoms with Gasteiger partial charge in [-0.3, -0.25) is 9.59 Å². The number of amides is 2. The lowest BCUT2D eigenvalue weighted by Crippen LogP contribution is -2.17. The molecule has 4 aromatic rings. The Bertz CT molecular complexity index is 1250. The summed E-state index contributed by atoms with van der Waals surface area (Å²) in [6, 6.07) is 25.6. The average molecular weight is 445 g/mol. The zero-order chi connectivity index (χ0) is 22.5. The second-order valence-electron chi connectivity index (χ2n) is 7.21. The van der Waals surface area contributed by atoms with Crippen molar-refractivity contribution in [3.63, 3.8) is 0 Å². The smallest absolute Gasteiger partial charge is 0.260 e. The van der Waals surface area contributed by atoms with Crippen LogP contribution < -0.4 is 10.6 Å². The third kappa shape index (κ3) is 4.71. The van der Waals surface area contributed by atoms with Crippen molar-refractivity contribution in [1.82, 2.24) is 9.78 Å². The molecule has 0 unspecified atom stereocenters. The molecule has 2 N–H and O–H groups in total. The zero-order valence-corrected chi connectivity index (χ0v) is 18.1. The van der Waals surface area contributed by atoms with Crippen LogP contribution in [0.15, 0.2) is 84.9 Å². The van der Waals surface area contributed by atoms with Crippen LogP contribution in [0.25, 0.3) is 0 Å². The molecule has 4 rings (SSSR count). The average Bonchev–Trinajstić information content (AvgIpc) is 3.09. The Morgan fingerprint density at radius 2 is 1.34 bits per heavy atom. The largest absolute Gasteiger partial charge is 0.320 e. The SMILES string of the molecule is Cc1nn(Cc2ccccc2)c(Cl)c1C(=O)Nc1ccccc1NC(=O)c1ccccc1. The molecule has 160 valence electrons. The van der Waals surface area contributed by atoms with Crippen LogP contribution in [0.1, 0.15) is 32.0 Å². The van der Waals surface area contributed by atoms with Crippen LogP contribution in [0.4, 0.5) is 11.4 Å². The summed E-state index contributed by atoms with van der Waals surface area (Å²) in [6.07, 6.45) is 0. The predicted molar refractivity (Wildman–Crippen MR) is 126 cm³/mol. The van der Waals surface area contributed by atoms with E-state index in [1.165, 1.54) is 0 Å². The molecule has 0 saturated carbocycles. The Hall–Kier alpha value is -3.90. The van der Waals surface area contributed by atoms with Crippen molar-refractivity contribution < 1.29 is 9.59 Å². The molecule has 6 nitrogen and oxygen atoms in total. The van der Waals surface area contributed by atoms with E-state index >= 15 is 0 Å². The van der Waals surface area contributed by atoms with Crippen LogP contribution in [0, 0.1) is 6.92 Å². The van der Waals surface area contributed by atoms with Gasteiger partial charge < -0.3 is 10.6 Å². The molecule has 0 aliphatic carbocycles. The maximum absolute atomic E-state index is 13.1. The summed E-state index contributed by atoms with van der Waals surface area (Å²) in [7, 11) is 0. The topological polar surface area (TPSA) is 76.0 Å². The van der Waals surface area contributed by atoms with Crippen molar-refractivity contribution in [1.29, 1.82) is 0 Å². The van der Waals surface area contributed by atoms with E-state index in [0.29, 0.717) is 34.7 Å². The molecule has 0 aliphatic rings. The third-order valence-corrected chi connectivity index (χ3v) is 5.31. The molecule has 0 radical (unpaired) electrons. The zero-order valence-electron chi connectivity index (χ0n) is 17.4. The second-order valence-corrected chi connectivity index (χ2v) is 7.57. The minimum atomic E-state index is -0.395. The fraction of sp³-hybridized carbons (Fsp3) is 0.0800. The van der Waals surface area contributed by atoms with E-state index in [0.717, 1.165) is 5.56 Å². The lowest BCUT2D eigenvalue weighted by molar-refractivity contribution is 0.101. The molecule has 3 aromatic carbocycles. The number of nitrogens with one attached hydrogen (secondary N) is 2. The van der Waals surface area contributed by atoms with Crippen molar-refractivity contribution in [3.8, 4) is 0 Å². The Kier molecular flexibility index (Phi) is 6.33. The van der Waals surface area contributed by atoms with E-state index in [-0.39, 0.29) is 11.1 Å². The number of hydrogen-bond donors (Lipinski definition) is 2. The summed E-state index contributed by atoms with van der Waals surface area (Å²) in [5.41, 5.74) is 3.32. The van der Waals surface area contributed by atoms with E-state index in [2.05, 4.69) is 15.7 Å². The van der Waals surface area contributed by atoms with Gasteiger partial charge in [0.25, 0.3) is 11.8 Å². The highest BCUT2D eigenvalue weighted by molar-refractivity contribution is 6.33. The van der Waals surface area contributed by atoms with Gasteiger partial charge >= 0.3 is 0 Å². The van der Waals surface area contributed by atoms with Crippen LogP contribution in [0.2, 0.25) is 5.15 Å². The number of rotatable bonds is 6. The minimum absolute atomic E-state index is 0.259. The van der Waals surface area contributed by atoms with E-state index in [9.17, 15) is 9.59 Å². The minimum Gasteiger partial charge on any atom is -0.320 e. The number of aromatic nitrogens is 2. The van der Waals surface area contributed by atoms with Gasteiger partial charge in [0.05, 0.1) is 29.2 Å². The number of hydrogen-bond acceptors (Lipinski definition) is 3. The van der Waals surface area contributed by atoms with Gasteiger partial charge in [0.1, 0.15) is 5.15 Å². The van der Waals surface area contributed by atoms with Crippen LogP contribution in [-0.4, -0.2) is 21.6 Å². The van der Waals surface area contributed by atoms with Gasteiger partial charge in [-0.05, 0) is 36.8 Å². The first kappa shape index (κ1) is 21.3. The monoisotopic (exact) mass is 444 g/mol.